The van der Waals surface area contributed by atoms with E-state index in [2.05, 4.69) is 6.92 Å². The molecule has 24 heavy (non-hydrogen) atoms. The van der Waals surface area contributed by atoms with Crippen molar-refractivity contribution < 1.29 is 5.21 Å². The fourth-order valence-corrected chi connectivity index (χ4v) is 3.35. The lowest BCUT2D eigenvalue weighted by atomic mass is 10.0. The summed E-state index contributed by atoms with van der Waals surface area (Å²) < 4.78 is 0. The lowest BCUT2D eigenvalue weighted by Gasteiger charge is -2.10. The maximum Gasteiger partial charge on any atom is 0.0238 e. The molecule has 0 amide bonds. The van der Waals surface area contributed by atoms with Gasteiger partial charge in [0.1, 0.15) is 0 Å². The van der Waals surface area contributed by atoms with E-state index in [0.717, 1.165) is 19.5 Å². The Labute approximate surface area is 153 Å². The molecule has 0 unspecified atom stereocenters. The van der Waals surface area contributed by atoms with Gasteiger partial charge in [0.25, 0.3) is 0 Å². The molecule has 0 heterocycles. The summed E-state index contributed by atoms with van der Waals surface area (Å²) in [6, 6.07) is 0. The maximum atomic E-state index is 9.33. The normalized spacial score (nSPS) is 11.5. The monoisotopic (exact) mass is 341 g/mol. The quantitative estimate of drug-likeness (QED) is 0.181. The maximum absolute atomic E-state index is 9.33. The third-order valence-corrected chi connectivity index (χ3v) is 5.13. The predicted molar refractivity (Wildman–Crippen MR) is 108 cm³/mol. The Morgan fingerprint density at radius 1 is 0.458 bits per heavy atom. The van der Waals surface area contributed by atoms with E-state index in [1.165, 1.54) is 114 Å². The third-order valence-electron chi connectivity index (χ3n) is 5.13. The average Bonchev–Trinajstić information content (AvgIpc) is 2.60. The van der Waals surface area contributed by atoms with Crippen LogP contribution in [0.2, 0.25) is 0 Å². The number of hydrogen-bond acceptors (Lipinski definition) is 2. The van der Waals surface area contributed by atoms with Crippen LogP contribution >= 0.6 is 0 Å². The number of hydrogen-bond donors (Lipinski definition) is 1. The molecule has 0 aromatic heterocycles. The van der Waals surface area contributed by atoms with Crippen LogP contribution in [0.25, 0.3) is 0 Å². The summed E-state index contributed by atoms with van der Waals surface area (Å²) >= 11 is 0. The van der Waals surface area contributed by atoms with Crippen molar-refractivity contribution in [3.8, 4) is 0 Å². The highest BCUT2D eigenvalue weighted by Crippen LogP contribution is 2.14. The predicted octanol–water partition coefficient (Wildman–Crippen LogP) is 7.74. The van der Waals surface area contributed by atoms with Crippen LogP contribution < -0.4 is 0 Å². The summed E-state index contributed by atoms with van der Waals surface area (Å²) in [6.45, 7) is 5.88. The highest BCUT2D eigenvalue weighted by Gasteiger charge is 1.97. The van der Waals surface area contributed by atoms with E-state index in [4.69, 9.17) is 0 Å². The molecule has 0 aliphatic rings. The van der Waals surface area contributed by atoms with Gasteiger partial charge in [-0.2, -0.15) is 5.06 Å². The van der Waals surface area contributed by atoms with Gasteiger partial charge in [0.2, 0.25) is 0 Å². The van der Waals surface area contributed by atoms with E-state index < -0.39 is 0 Å². The van der Waals surface area contributed by atoms with Crippen LogP contribution in [0.4, 0.5) is 0 Å². The van der Waals surface area contributed by atoms with Crippen molar-refractivity contribution in [2.45, 2.75) is 129 Å². The molecule has 2 heteroatoms. The second-order valence-corrected chi connectivity index (χ2v) is 7.56. The molecule has 146 valence electrons. The summed E-state index contributed by atoms with van der Waals surface area (Å²) in [5.41, 5.74) is 0. The van der Waals surface area contributed by atoms with Crippen LogP contribution in [0.1, 0.15) is 129 Å². The van der Waals surface area contributed by atoms with Crippen LogP contribution in [-0.4, -0.2) is 23.4 Å². The van der Waals surface area contributed by atoms with Gasteiger partial charge in [0.15, 0.2) is 0 Å². The summed E-state index contributed by atoms with van der Waals surface area (Å²) in [5, 5.41) is 10.7. The van der Waals surface area contributed by atoms with E-state index in [0.29, 0.717) is 0 Å². The number of unbranched alkanes of at least 4 members (excludes halogenated alkanes) is 17. The zero-order valence-corrected chi connectivity index (χ0v) is 17.0. The summed E-state index contributed by atoms with van der Waals surface area (Å²) in [7, 11) is 0. The Morgan fingerprint density at radius 2 is 0.750 bits per heavy atom. The van der Waals surface area contributed by atoms with E-state index >= 15 is 0 Å². The van der Waals surface area contributed by atoms with Crippen LogP contribution in [0.5, 0.6) is 0 Å². The molecule has 0 fully saturated rings. The number of hydroxylamine groups is 2. The second kappa shape index (κ2) is 21.0. The van der Waals surface area contributed by atoms with Crippen molar-refractivity contribution in [1.29, 1.82) is 0 Å². The zero-order chi connectivity index (χ0) is 17.7. The molecule has 1 N–H and O–H groups in total. The first-order chi connectivity index (χ1) is 11.8. The minimum Gasteiger partial charge on any atom is -0.314 e. The van der Waals surface area contributed by atoms with Gasteiger partial charge in [-0.1, -0.05) is 123 Å². The van der Waals surface area contributed by atoms with Crippen molar-refractivity contribution in [2.75, 3.05) is 13.1 Å². The van der Waals surface area contributed by atoms with Crippen molar-refractivity contribution >= 4 is 0 Å². The standard InChI is InChI=1S/C22H47NO/c1-3-5-6-7-8-9-10-11-12-13-14-15-16-17-18-19-20-21-22-23(24)4-2/h24H,3-22H2,1-2H3. The van der Waals surface area contributed by atoms with E-state index in [9.17, 15) is 5.21 Å². The fourth-order valence-electron chi connectivity index (χ4n) is 3.35. The molecule has 0 saturated carbocycles. The fraction of sp³-hybridized carbons (Fsp3) is 1.00. The van der Waals surface area contributed by atoms with E-state index in [1.807, 2.05) is 6.92 Å². The number of rotatable bonds is 20. The molecular weight excluding hydrogens is 294 g/mol. The van der Waals surface area contributed by atoms with Crippen LogP contribution in [0.3, 0.4) is 0 Å². The smallest absolute Gasteiger partial charge is 0.0238 e. The second-order valence-electron chi connectivity index (χ2n) is 7.56. The molecule has 0 aromatic carbocycles. The first kappa shape index (κ1) is 23.9. The van der Waals surface area contributed by atoms with Crippen LogP contribution in [-0.2, 0) is 0 Å². The minimum atomic E-state index is 0.749. The molecule has 0 bridgehead atoms. The molecule has 0 radical (unpaired) electrons. The first-order valence-electron chi connectivity index (χ1n) is 11.2. The molecule has 2 nitrogen and oxygen atoms in total. The number of nitrogens with zero attached hydrogens (tertiary/aromatic N) is 1. The average molecular weight is 342 g/mol. The summed E-state index contributed by atoms with van der Waals surface area (Å²) in [6.07, 6.45) is 25.4. The van der Waals surface area contributed by atoms with Gasteiger partial charge in [-0.3, -0.25) is 0 Å². The van der Waals surface area contributed by atoms with Crippen molar-refractivity contribution in [3.63, 3.8) is 0 Å². The Kier molecular flexibility index (Phi) is 20.9. The van der Waals surface area contributed by atoms with Gasteiger partial charge in [0.05, 0.1) is 0 Å². The topological polar surface area (TPSA) is 23.5 Å². The van der Waals surface area contributed by atoms with E-state index in [-0.39, 0.29) is 0 Å². The van der Waals surface area contributed by atoms with Gasteiger partial charge >= 0.3 is 0 Å². The highest BCUT2D eigenvalue weighted by atomic mass is 16.5. The van der Waals surface area contributed by atoms with Crippen molar-refractivity contribution in [3.05, 3.63) is 0 Å². The van der Waals surface area contributed by atoms with Gasteiger partial charge in [-0.15, -0.1) is 0 Å². The molecule has 0 saturated heterocycles. The lowest BCUT2D eigenvalue weighted by Crippen LogP contribution is -2.19. The largest absolute Gasteiger partial charge is 0.314 e. The Morgan fingerprint density at radius 3 is 1.04 bits per heavy atom. The molecule has 0 rings (SSSR count). The van der Waals surface area contributed by atoms with Crippen LogP contribution in [0, 0.1) is 0 Å². The molecular formula is C22H47NO. The summed E-state index contributed by atoms with van der Waals surface area (Å²) in [5.74, 6) is 0. The summed E-state index contributed by atoms with van der Waals surface area (Å²) in [4.78, 5) is 0. The van der Waals surface area contributed by atoms with E-state index in [1.54, 1.807) is 0 Å². The molecule has 0 aliphatic heterocycles. The van der Waals surface area contributed by atoms with Gasteiger partial charge in [-0.25, -0.2) is 0 Å². The van der Waals surface area contributed by atoms with Crippen molar-refractivity contribution in [2.24, 2.45) is 0 Å². The highest BCUT2D eigenvalue weighted by molar-refractivity contribution is 4.51. The lowest BCUT2D eigenvalue weighted by molar-refractivity contribution is -0.0869. The zero-order valence-electron chi connectivity index (χ0n) is 17.0. The Balaban J connectivity index is 2.98. The first-order valence-corrected chi connectivity index (χ1v) is 11.2. The van der Waals surface area contributed by atoms with Crippen molar-refractivity contribution in [1.82, 2.24) is 5.06 Å². The molecule has 0 aliphatic carbocycles. The van der Waals surface area contributed by atoms with Gasteiger partial charge < -0.3 is 5.21 Å². The molecule has 0 atom stereocenters. The van der Waals surface area contributed by atoms with Crippen LogP contribution in [0.15, 0.2) is 0 Å². The Hall–Kier alpha value is -0.0800. The SMILES string of the molecule is CCCCCCCCCCCCCCCCCCCCN(O)CC. The van der Waals surface area contributed by atoms with Gasteiger partial charge in [-0.05, 0) is 6.42 Å². The van der Waals surface area contributed by atoms with Gasteiger partial charge in [0, 0.05) is 13.1 Å². The minimum absolute atomic E-state index is 0.749. The third kappa shape index (κ3) is 20.0. The molecule has 0 aromatic rings. The molecule has 0 spiro atoms. The Bertz CT molecular complexity index is 220.